The van der Waals surface area contributed by atoms with E-state index in [1.165, 1.54) is 12.5 Å². The number of ether oxygens (including phenoxy) is 3. The van der Waals surface area contributed by atoms with Gasteiger partial charge in [-0.2, -0.15) is 0 Å². The first-order valence-electron chi connectivity index (χ1n) is 18.3. The van der Waals surface area contributed by atoms with Crippen LogP contribution in [0.1, 0.15) is 68.5 Å². The number of aryl methyl sites for hydroxylation is 2. The van der Waals surface area contributed by atoms with Crippen LogP contribution in [0.15, 0.2) is 30.5 Å². The van der Waals surface area contributed by atoms with Gasteiger partial charge >= 0.3 is 5.97 Å². The largest absolute Gasteiger partial charge is 0.490 e. The Kier molecular flexibility index (Phi) is 8.59. The Balaban J connectivity index is 1.28. The smallest absolute Gasteiger partial charge is 0.337 e. The number of anilines is 1. The van der Waals surface area contributed by atoms with Crippen LogP contribution in [0.4, 0.5) is 10.2 Å². The topological polar surface area (TPSA) is 102 Å². The van der Waals surface area contributed by atoms with E-state index >= 15 is 4.39 Å². The van der Waals surface area contributed by atoms with E-state index in [1.807, 2.05) is 53.9 Å². The molecule has 8 heterocycles. The predicted molar refractivity (Wildman–Crippen MR) is 194 cm³/mol. The average Bonchev–Trinajstić information content (AvgIpc) is 3.18. The van der Waals surface area contributed by atoms with E-state index < -0.39 is 23.5 Å². The number of halogens is 1. The Bertz CT molecular complexity index is 2020. The van der Waals surface area contributed by atoms with E-state index in [-0.39, 0.29) is 5.75 Å². The molecule has 4 aromatic rings. The number of aromatic nitrogens is 3. The quantitative estimate of drug-likeness (QED) is 0.228. The summed E-state index contributed by atoms with van der Waals surface area (Å²) in [5.41, 5.74) is 5.70. The fraction of sp³-hybridized carbons (Fsp3) is 0.525. The summed E-state index contributed by atoms with van der Waals surface area (Å²) in [6.07, 6.45) is 4.39. The highest BCUT2D eigenvalue weighted by molar-refractivity contribution is 6.01. The number of carboxylic acids is 1. The van der Waals surface area contributed by atoms with Crippen molar-refractivity contribution in [3.05, 3.63) is 58.7 Å². The maximum absolute atomic E-state index is 15.9. The molecule has 4 saturated heterocycles. The third kappa shape index (κ3) is 6.06. The highest BCUT2D eigenvalue weighted by Crippen LogP contribution is 2.46. The monoisotopic (exact) mass is 697 g/mol. The molecular weight excluding hydrogens is 649 g/mol. The van der Waals surface area contributed by atoms with Crippen LogP contribution in [-0.2, 0) is 27.7 Å². The lowest BCUT2D eigenvalue weighted by Crippen LogP contribution is -2.52. The van der Waals surface area contributed by atoms with Gasteiger partial charge in [0.05, 0.1) is 37.2 Å². The summed E-state index contributed by atoms with van der Waals surface area (Å²) in [7, 11) is 1.98. The molecule has 1 N–H and O–H groups in total. The van der Waals surface area contributed by atoms with Crippen molar-refractivity contribution in [3.63, 3.8) is 0 Å². The fourth-order valence-electron chi connectivity index (χ4n) is 8.71. The molecule has 1 aromatic carbocycles. The number of carbonyl (C=O) groups is 1. The SMILES string of the molecule is Cc1nc2c(cc(-c3ccnc(N4C[C@@H]5CC[C@H]4CN(C4COC4)C5)c3)n2C)c(-c2cc(F)c3c(c2C)CCCO3)c1[C@H](OC(C)(C)C)C(=O)O. The Labute approximate surface area is 298 Å². The van der Waals surface area contributed by atoms with Crippen molar-refractivity contribution in [3.8, 4) is 28.1 Å². The van der Waals surface area contributed by atoms with Crippen LogP contribution in [0.2, 0.25) is 0 Å². The minimum absolute atomic E-state index is 0.288. The number of fused-ring (bicyclic) bond motifs is 6. The number of carboxylic acid groups (broad SMARTS) is 1. The number of rotatable bonds is 7. The van der Waals surface area contributed by atoms with Crippen molar-refractivity contribution in [2.75, 3.05) is 44.4 Å². The predicted octanol–water partition coefficient (Wildman–Crippen LogP) is 6.62. The van der Waals surface area contributed by atoms with Crippen LogP contribution in [-0.4, -0.2) is 87.7 Å². The maximum atomic E-state index is 15.9. The molecule has 11 heteroatoms. The average molecular weight is 698 g/mol. The molecule has 5 aliphatic heterocycles. The maximum Gasteiger partial charge on any atom is 0.337 e. The Hall–Kier alpha value is -4.06. The van der Waals surface area contributed by atoms with E-state index in [0.717, 1.165) is 79.3 Å². The van der Waals surface area contributed by atoms with Crippen molar-refractivity contribution in [2.45, 2.75) is 84.1 Å². The molecule has 3 aromatic heterocycles. The molecule has 0 unspecified atom stereocenters. The van der Waals surface area contributed by atoms with Gasteiger partial charge in [-0.15, -0.1) is 0 Å². The minimum atomic E-state index is -1.33. The lowest BCUT2D eigenvalue weighted by molar-refractivity contribution is -0.160. The number of benzene rings is 1. The summed E-state index contributed by atoms with van der Waals surface area (Å²) >= 11 is 0. The molecular formula is C40H48FN5O5. The third-order valence-corrected chi connectivity index (χ3v) is 11.3. The van der Waals surface area contributed by atoms with Crippen LogP contribution in [0.5, 0.6) is 5.75 Å². The second-order valence-corrected chi connectivity index (χ2v) is 15.8. The minimum Gasteiger partial charge on any atom is -0.490 e. The molecule has 270 valence electrons. The summed E-state index contributed by atoms with van der Waals surface area (Å²) < 4.78 is 35.5. The lowest BCUT2D eigenvalue weighted by atomic mass is 9.86. The molecule has 0 spiro atoms. The van der Waals surface area contributed by atoms with Gasteiger partial charge in [-0.05, 0) is 102 Å². The van der Waals surface area contributed by atoms with Crippen LogP contribution in [0.25, 0.3) is 33.4 Å². The standard InChI is InChI=1S/C40H48FN5O5/c1-22-28-8-7-13-50-36(28)31(41)15-29(22)35-30-16-32(44(6)38(30)43-23(2)34(35)37(39(47)48)51-40(3,4)5)25-11-12-42-33(14-25)46-18-24-9-10-26(46)19-45(17-24)27-20-49-21-27/h11-12,14-16,24,26-27,37H,7-10,13,17-21H2,1-6H3,(H,47,48)/t24-,26+,37+/m1/s1. The lowest BCUT2D eigenvalue weighted by Gasteiger charge is -2.39. The summed E-state index contributed by atoms with van der Waals surface area (Å²) in [5.74, 6) is 0.258. The fourth-order valence-corrected chi connectivity index (χ4v) is 8.71. The Morgan fingerprint density at radius 1 is 1.10 bits per heavy atom. The van der Waals surface area contributed by atoms with Gasteiger partial charge in [0.15, 0.2) is 17.7 Å². The van der Waals surface area contributed by atoms with Gasteiger partial charge in [-0.1, -0.05) is 0 Å². The van der Waals surface area contributed by atoms with Crippen molar-refractivity contribution in [2.24, 2.45) is 13.0 Å². The highest BCUT2D eigenvalue weighted by atomic mass is 19.1. The molecule has 0 amide bonds. The molecule has 2 bridgehead atoms. The van der Waals surface area contributed by atoms with Gasteiger partial charge in [0, 0.05) is 72.3 Å². The van der Waals surface area contributed by atoms with Gasteiger partial charge in [0.1, 0.15) is 11.5 Å². The second kappa shape index (κ2) is 12.9. The van der Waals surface area contributed by atoms with Crippen molar-refractivity contribution >= 4 is 22.8 Å². The Morgan fingerprint density at radius 3 is 2.63 bits per heavy atom. The van der Waals surface area contributed by atoms with E-state index in [0.29, 0.717) is 59.1 Å². The summed E-state index contributed by atoms with van der Waals surface area (Å²) in [4.78, 5) is 28.0. The van der Waals surface area contributed by atoms with Crippen LogP contribution < -0.4 is 9.64 Å². The summed E-state index contributed by atoms with van der Waals surface area (Å²) in [6.45, 7) is 14.5. The van der Waals surface area contributed by atoms with Gasteiger partial charge in [0.25, 0.3) is 0 Å². The van der Waals surface area contributed by atoms with E-state index in [9.17, 15) is 9.90 Å². The number of nitrogens with zero attached hydrogens (tertiary/aromatic N) is 5. The van der Waals surface area contributed by atoms with Gasteiger partial charge in [-0.25, -0.2) is 19.2 Å². The third-order valence-electron chi connectivity index (χ3n) is 11.3. The van der Waals surface area contributed by atoms with E-state index in [1.54, 1.807) is 0 Å². The number of aliphatic carboxylic acids is 1. The molecule has 9 rings (SSSR count). The zero-order valence-electron chi connectivity index (χ0n) is 30.5. The van der Waals surface area contributed by atoms with Gasteiger partial charge in [-0.3, -0.25) is 4.90 Å². The molecule has 51 heavy (non-hydrogen) atoms. The molecule has 4 fully saturated rings. The summed E-state index contributed by atoms with van der Waals surface area (Å²) in [5, 5.41) is 11.4. The first-order chi connectivity index (χ1) is 24.4. The van der Waals surface area contributed by atoms with Crippen molar-refractivity contribution < 1.29 is 28.5 Å². The van der Waals surface area contributed by atoms with Crippen molar-refractivity contribution in [1.82, 2.24) is 19.4 Å². The second-order valence-electron chi connectivity index (χ2n) is 15.8. The zero-order valence-corrected chi connectivity index (χ0v) is 30.5. The van der Waals surface area contributed by atoms with Crippen LogP contribution in [0, 0.1) is 25.6 Å². The number of hydrogen-bond acceptors (Lipinski definition) is 8. The van der Waals surface area contributed by atoms with Crippen LogP contribution in [0.3, 0.4) is 0 Å². The van der Waals surface area contributed by atoms with Gasteiger partial charge in [0.2, 0.25) is 0 Å². The molecule has 10 nitrogen and oxygen atoms in total. The van der Waals surface area contributed by atoms with E-state index in [2.05, 4.69) is 26.5 Å². The zero-order chi connectivity index (χ0) is 35.8. The van der Waals surface area contributed by atoms with Crippen LogP contribution >= 0.6 is 0 Å². The van der Waals surface area contributed by atoms with Gasteiger partial charge < -0.3 is 28.8 Å². The first kappa shape index (κ1) is 34.0. The number of hydrogen-bond donors (Lipinski definition) is 1. The Morgan fingerprint density at radius 2 is 1.90 bits per heavy atom. The molecule has 5 aliphatic rings. The molecule has 0 saturated carbocycles. The number of pyridine rings is 2. The number of piperidine rings is 1. The molecule has 3 atom stereocenters. The molecule has 0 radical (unpaired) electrons. The van der Waals surface area contributed by atoms with E-state index in [4.69, 9.17) is 24.2 Å². The normalized spacial score (nSPS) is 21.7. The first-order valence-corrected chi connectivity index (χ1v) is 18.3. The highest BCUT2D eigenvalue weighted by Gasteiger charge is 2.40. The molecule has 0 aliphatic carbocycles. The van der Waals surface area contributed by atoms with Crippen molar-refractivity contribution in [1.29, 1.82) is 0 Å². The summed E-state index contributed by atoms with van der Waals surface area (Å²) in [6, 6.07) is 8.66.